The molecule has 0 bridgehead atoms. The van der Waals surface area contributed by atoms with Gasteiger partial charge in [-0.3, -0.25) is 4.79 Å². The summed E-state index contributed by atoms with van der Waals surface area (Å²) in [5.41, 5.74) is 1.61. The maximum absolute atomic E-state index is 13.9. The van der Waals surface area contributed by atoms with Crippen LogP contribution in [0.25, 0.3) is 10.4 Å². The van der Waals surface area contributed by atoms with E-state index in [-0.39, 0.29) is 17.8 Å². The summed E-state index contributed by atoms with van der Waals surface area (Å²) in [7, 11) is 0. The first-order valence-corrected chi connectivity index (χ1v) is 7.95. The molecular formula is C16H17FN2OS. The molecule has 5 heteroatoms. The number of hydrogen-bond donors (Lipinski definition) is 2. The summed E-state index contributed by atoms with van der Waals surface area (Å²) in [6.45, 7) is 1.33. The van der Waals surface area contributed by atoms with Crippen LogP contribution in [0.3, 0.4) is 0 Å². The molecule has 3 nitrogen and oxygen atoms in total. The van der Waals surface area contributed by atoms with Gasteiger partial charge in [0, 0.05) is 23.5 Å². The average Bonchev–Trinajstić information content (AvgIpc) is 3.02. The number of nitrogens with one attached hydrogen (secondary N) is 2. The quantitative estimate of drug-likeness (QED) is 0.912. The monoisotopic (exact) mass is 304 g/mol. The maximum Gasteiger partial charge on any atom is 0.237 e. The Morgan fingerprint density at radius 3 is 3.05 bits per heavy atom. The van der Waals surface area contributed by atoms with E-state index in [0.717, 1.165) is 29.8 Å². The average molecular weight is 304 g/mol. The summed E-state index contributed by atoms with van der Waals surface area (Å²) in [6.07, 6.45) is 1.85. The van der Waals surface area contributed by atoms with Crippen LogP contribution in [0.15, 0.2) is 35.7 Å². The van der Waals surface area contributed by atoms with Crippen molar-refractivity contribution in [1.82, 2.24) is 10.6 Å². The van der Waals surface area contributed by atoms with Gasteiger partial charge in [0.1, 0.15) is 5.82 Å². The lowest BCUT2D eigenvalue weighted by molar-refractivity contribution is -0.124. The Morgan fingerprint density at radius 2 is 2.29 bits per heavy atom. The maximum atomic E-state index is 13.9. The molecule has 110 valence electrons. The van der Waals surface area contributed by atoms with Gasteiger partial charge in [-0.2, -0.15) is 0 Å². The van der Waals surface area contributed by atoms with Crippen molar-refractivity contribution in [2.75, 3.05) is 6.54 Å². The zero-order chi connectivity index (χ0) is 14.7. The van der Waals surface area contributed by atoms with Gasteiger partial charge in [0.15, 0.2) is 0 Å². The van der Waals surface area contributed by atoms with E-state index in [1.807, 2.05) is 23.6 Å². The number of amides is 1. The molecule has 1 saturated heterocycles. The Morgan fingerprint density at radius 1 is 1.38 bits per heavy atom. The molecule has 0 aliphatic carbocycles. The van der Waals surface area contributed by atoms with E-state index in [9.17, 15) is 9.18 Å². The molecule has 0 saturated carbocycles. The van der Waals surface area contributed by atoms with Crippen LogP contribution in [0.1, 0.15) is 18.4 Å². The Kier molecular flexibility index (Phi) is 4.31. The van der Waals surface area contributed by atoms with Crippen molar-refractivity contribution in [3.05, 3.63) is 47.1 Å². The predicted octanol–water partition coefficient (Wildman–Crippen LogP) is 2.92. The summed E-state index contributed by atoms with van der Waals surface area (Å²) in [6, 6.07) is 8.79. The van der Waals surface area contributed by atoms with Gasteiger partial charge in [-0.05, 0) is 42.0 Å². The number of rotatable bonds is 4. The highest BCUT2D eigenvalue weighted by Crippen LogP contribution is 2.28. The smallest absolute Gasteiger partial charge is 0.237 e. The topological polar surface area (TPSA) is 41.1 Å². The van der Waals surface area contributed by atoms with Crippen LogP contribution in [-0.4, -0.2) is 18.5 Å². The standard InChI is InChI=1S/C16H17FN2OS/c17-13-6-5-11(9-12(13)15-4-2-8-21-15)10-19-14-3-1-7-18-16(14)20/h2,4-6,8-9,14,19H,1,3,7,10H2,(H,18,20). The van der Waals surface area contributed by atoms with Crippen molar-refractivity contribution in [2.24, 2.45) is 0 Å². The number of halogens is 1. The summed E-state index contributed by atoms with van der Waals surface area (Å²) >= 11 is 1.52. The minimum Gasteiger partial charge on any atom is -0.355 e. The molecule has 1 unspecified atom stereocenters. The fraction of sp³-hybridized carbons (Fsp3) is 0.312. The molecule has 1 fully saturated rings. The first kappa shape index (κ1) is 14.2. The van der Waals surface area contributed by atoms with Crippen LogP contribution in [-0.2, 0) is 11.3 Å². The van der Waals surface area contributed by atoms with Crippen LogP contribution < -0.4 is 10.6 Å². The lowest BCUT2D eigenvalue weighted by Crippen LogP contribution is -2.47. The van der Waals surface area contributed by atoms with E-state index in [2.05, 4.69) is 10.6 Å². The van der Waals surface area contributed by atoms with E-state index in [4.69, 9.17) is 0 Å². The van der Waals surface area contributed by atoms with Crippen molar-refractivity contribution in [2.45, 2.75) is 25.4 Å². The van der Waals surface area contributed by atoms with Gasteiger partial charge in [0.2, 0.25) is 5.91 Å². The molecule has 0 spiro atoms. The van der Waals surface area contributed by atoms with Gasteiger partial charge in [0.05, 0.1) is 6.04 Å². The fourth-order valence-electron chi connectivity index (χ4n) is 2.51. The molecule has 1 aromatic carbocycles. The Hall–Kier alpha value is -1.72. The van der Waals surface area contributed by atoms with Crippen molar-refractivity contribution in [3.63, 3.8) is 0 Å². The van der Waals surface area contributed by atoms with E-state index in [1.54, 1.807) is 6.07 Å². The molecule has 1 aliphatic heterocycles. The lowest BCUT2D eigenvalue weighted by Gasteiger charge is -2.23. The molecule has 1 atom stereocenters. The molecule has 2 aromatic rings. The SMILES string of the molecule is O=C1NCCCC1NCc1ccc(F)c(-c2cccs2)c1. The molecule has 1 aromatic heterocycles. The van der Waals surface area contributed by atoms with Gasteiger partial charge in [-0.1, -0.05) is 12.1 Å². The molecule has 2 heterocycles. The van der Waals surface area contributed by atoms with E-state index >= 15 is 0 Å². The number of piperidine rings is 1. The van der Waals surface area contributed by atoms with Crippen LogP contribution in [0.2, 0.25) is 0 Å². The third-order valence-electron chi connectivity index (χ3n) is 3.66. The van der Waals surface area contributed by atoms with E-state index in [0.29, 0.717) is 12.1 Å². The van der Waals surface area contributed by atoms with Crippen LogP contribution in [0, 0.1) is 5.82 Å². The Balaban J connectivity index is 1.71. The largest absolute Gasteiger partial charge is 0.355 e. The van der Waals surface area contributed by atoms with Crippen LogP contribution >= 0.6 is 11.3 Å². The summed E-state index contributed by atoms with van der Waals surface area (Å²) in [5, 5.41) is 8.04. The lowest BCUT2D eigenvalue weighted by atomic mass is 10.1. The fourth-order valence-corrected chi connectivity index (χ4v) is 3.26. The molecule has 1 aliphatic rings. The Bertz CT molecular complexity index is 627. The molecule has 3 rings (SSSR count). The van der Waals surface area contributed by atoms with Gasteiger partial charge >= 0.3 is 0 Å². The molecule has 1 amide bonds. The molecule has 21 heavy (non-hydrogen) atoms. The zero-order valence-electron chi connectivity index (χ0n) is 11.6. The van der Waals surface area contributed by atoms with Gasteiger partial charge in [-0.25, -0.2) is 4.39 Å². The molecular weight excluding hydrogens is 287 g/mol. The number of carbonyl (C=O) groups excluding carboxylic acids is 1. The van der Waals surface area contributed by atoms with Crippen molar-refractivity contribution in [3.8, 4) is 10.4 Å². The third-order valence-corrected chi connectivity index (χ3v) is 4.56. The molecule has 0 radical (unpaired) electrons. The van der Waals surface area contributed by atoms with E-state index in [1.165, 1.54) is 17.4 Å². The number of benzene rings is 1. The van der Waals surface area contributed by atoms with Gasteiger partial charge in [-0.15, -0.1) is 11.3 Å². The van der Waals surface area contributed by atoms with E-state index < -0.39 is 0 Å². The minimum absolute atomic E-state index is 0.0573. The first-order valence-electron chi connectivity index (χ1n) is 7.07. The zero-order valence-corrected chi connectivity index (χ0v) is 12.4. The molecule has 2 N–H and O–H groups in total. The van der Waals surface area contributed by atoms with Crippen LogP contribution in [0.4, 0.5) is 4.39 Å². The third kappa shape index (κ3) is 3.31. The first-order chi connectivity index (χ1) is 10.2. The van der Waals surface area contributed by atoms with Crippen molar-refractivity contribution < 1.29 is 9.18 Å². The van der Waals surface area contributed by atoms with Crippen molar-refractivity contribution in [1.29, 1.82) is 0 Å². The highest BCUT2D eigenvalue weighted by Gasteiger charge is 2.21. The second kappa shape index (κ2) is 6.37. The van der Waals surface area contributed by atoms with Gasteiger partial charge < -0.3 is 10.6 Å². The van der Waals surface area contributed by atoms with Crippen molar-refractivity contribution >= 4 is 17.2 Å². The summed E-state index contributed by atoms with van der Waals surface area (Å²) in [4.78, 5) is 12.6. The number of hydrogen-bond acceptors (Lipinski definition) is 3. The second-order valence-electron chi connectivity index (χ2n) is 5.16. The number of carbonyl (C=O) groups is 1. The van der Waals surface area contributed by atoms with Crippen LogP contribution in [0.5, 0.6) is 0 Å². The minimum atomic E-state index is -0.211. The second-order valence-corrected chi connectivity index (χ2v) is 6.11. The van der Waals surface area contributed by atoms with Gasteiger partial charge in [0.25, 0.3) is 0 Å². The number of thiophene rings is 1. The highest BCUT2D eigenvalue weighted by atomic mass is 32.1. The normalized spacial score (nSPS) is 18.5. The summed E-state index contributed by atoms with van der Waals surface area (Å²) < 4.78 is 13.9. The Labute approximate surface area is 127 Å². The predicted molar refractivity (Wildman–Crippen MR) is 82.6 cm³/mol. The summed E-state index contributed by atoms with van der Waals surface area (Å²) in [5.74, 6) is -0.154. The highest BCUT2D eigenvalue weighted by molar-refractivity contribution is 7.13.